The molecule has 0 radical (unpaired) electrons. The van der Waals surface area contributed by atoms with Crippen LogP contribution in [0.5, 0.6) is 11.5 Å². The lowest BCUT2D eigenvalue weighted by molar-refractivity contribution is 0.287. The Morgan fingerprint density at radius 1 is 1.24 bits per heavy atom. The number of nitrogens with zero attached hydrogens (tertiary/aromatic N) is 1. The number of nitrogens with one attached hydrogen (secondary N) is 1. The van der Waals surface area contributed by atoms with Crippen LogP contribution in [0.4, 0.5) is 0 Å². The van der Waals surface area contributed by atoms with E-state index in [9.17, 15) is 0 Å². The van der Waals surface area contributed by atoms with Crippen LogP contribution in [0.25, 0.3) is 0 Å². The Kier molecular flexibility index (Phi) is 5.98. The summed E-state index contributed by atoms with van der Waals surface area (Å²) in [5, 5.41) is 0. The molecule has 0 saturated carbocycles. The fourth-order valence-corrected chi connectivity index (χ4v) is 2.74. The zero-order valence-electron chi connectivity index (χ0n) is 12.3. The largest absolute Gasteiger partial charge is 0.490 e. The summed E-state index contributed by atoms with van der Waals surface area (Å²) in [4.78, 5) is 5.28. The molecule has 0 aliphatic carbocycles. The van der Waals surface area contributed by atoms with Crippen molar-refractivity contribution < 1.29 is 9.47 Å². The Labute approximate surface area is 129 Å². The maximum absolute atomic E-state index is 5.70. The molecule has 0 spiro atoms. The molecule has 3 N–H and O–H groups in total. The van der Waals surface area contributed by atoms with Crippen molar-refractivity contribution in [1.29, 1.82) is 0 Å². The van der Waals surface area contributed by atoms with Gasteiger partial charge >= 0.3 is 0 Å². The summed E-state index contributed by atoms with van der Waals surface area (Å²) >= 11 is 1.62. The molecule has 0 fully saturated rings. The van der Waals surface area contributed by atoms with E-state index in [2.05, 4.69) is 10.4 Å². The number of hydrogen-bond acceptors (Lipinski definition) is 6. The van der Waals surface area contributed by atoms with Crippen LogP contribution in [-0.4, -0.2) is 18.2 Å². The number of thiazole rings is 1. The van der Waals surface area contributed by atoms with Crippen LogP contribution in [0.3, 0.4) is 0 Å². The van der Waals surface area contributed by atoms with Crippen molar-refractivity contribution in [3.8, 4) is 11.5 Å². The van der Waals surface area contributed by atoms with E-state index >= 15 is 0 Å². The monoisotopic (exact) mass is 307 g/mol. The molecule has 21 heavy (non-hydrogen) atoms. The highest BCUT2D eigenvalue weighted by Crippen LogP contribution is 2.31. The maximum Gasteiger partial charge on any atom is 0.161 e. The predicted octanol–water partition coefficient (Wildman–Crippen LogP) is 2.69. The lowest BCUT2D eigenvalue weighted by atomic mass is 10.0. The van der Waals surface area contributed by atoms with E-state index in [1.54, 1.807) is 11.3 Å². The van der Waals surface area contributed by atoms with Crippen molar-refractivity contribution in [3.05, 3.63) is 40.3 Å². The highest BCUT2D eigenvalue weighted by molar-refractivity contribution is 7.09. The Morgan fingerprint density at radius 2 is 2.00 bits per heavy atom. The second-order valence-electron chi connectivity index (χ2n) is 4.46. The van der Waals surface area contributed by atoms with Crippen molar-refractivity contribution in [2.45, 2.75) is 26.3 Å². The first kappa shape index (κ1) is 15.8. The molecule has 0 saturated heterocycles. The average molecular weight is 307 g/mol. The van der Waals surface area contributed by atoms with E-state index in [0.717, 1.165) is 23.5 Å². The summed E-state index contributed by atoms with van der Waals surface area (Å²) in [7, 11) is 0. The van der Waals surface area contributed by atoms with Crippen molar-refractivity contribution in [2.75, 3.05) is 13.2 Å². The van der Waals surface area contributed by atoms with Gasteiger partial charge in [0.15, 0.2) is 11.5 Å². The molecule has 2 aromatic rings. The summed E-state index contributed by atoms with van der Waals surface area (Å²) in [6.07, 6.45) is 2.66. The van der Waals surface area contributed by atoms with Gasteiger partial charge in [-0.3, -0.25) is 16.3 Å². The van der Waals surface area contributed by atoms with Gasteiger partial charge in [0, 0.05) is 17.5 Å². The van der Waals surface area contributed by atoms with Crippen LogP contribution < -0.4 is 20.7 Å². The van der Waals surface area contributed by atoms with Crippen molar-refractivity contribution in [2.24, 2.45) is 5.84 Å². The normalized spacial score (nSPS) is 12.1. The van der Waals surface area contributed by atoms with E-state index < -0.39 is 0 Å². The zero-order chi connectivity index (χ0) is 15.1. The summed E-state index contributed by atoms with van der Waals surface area (Å²) < 4.78 is 11.2. The van der Waals surface area contributed by atoms with Crippen molar-refractivity contribution in [3.63, 3.8) is 0 Å². The van der Waals surface area contributed by atoms with E-state index in [-0.39, 0.29) is 6.04 Å². The van der Waals surface area contributed by atoms with Crippen LogP contribution in [0, 0.1) is 0 Å². The molecule has 0 aliphatic heterocycles. The Morgan fingerprint density at radius 3 is 2.62 bits per heavy atom. The molecule has 0 amide bonds. The molecule has 1 unspecified atom stereocenters. The van der Waals surface area contributed by atoms with E-state index in [1.807, 2.05) is 43.8 Å². The van der Waals surface area contributed by atoms with E-state index in [1.165, 1.54) is 4.88 Å². The SMILES string of the molecule is CCOc1ccc(C(Cc2cncs2)NN)cc1OCC. The van der Waals surface area contributed by atoms with Gasteiger partial charge in [0.05, 0.1) is 24.8 Å². The predicted molar refractivity (Wildman–Crippen MR) is 84.7 cm³/mol. The second-order valence-corrected chi connectivity index (χ2v) is 5.43. The Bertz CT molecular complexity index is 546. The van der Waals surface area contributed by atoms with Gasteiger partial charge in [-0.05, 0) is 31.5 Å². The van der Waals surface area contributed by atoms with Crippen molar-refractivity contribution in [1.82, 2.24) is 10.4 Å². The van der Waals surface area contributed by atoms with Crippen LogP contribution in [0.15, 0.2) is 29.9 Å². The van der Waals surface area contributed by atoms with Crippen molar-refractivity contribution >= 4 is 11.3 Å². The maximum atomic E-state index is 5.70. The topological polar surface area (TPSA) is 69.4 Å². The molecule has 114 valence electrons. The van der Waals surface area contributed by atoms with Crippen LogP contribution >= 0.6 is 11.3 Å². The smallest absolute Gasteiger partial charge is 0.161 e. The Balaban J connectivity index is 2.22. The summed E-state index contributed by atoms with van der Waals surface area (Å²) in [6.45, 7) is 5.12. The standard InChI is InChI=1S/C15H21N3O2S/c1-3-19-14-6-5-11(7-15(14)20-4-2)13(18-16)8-12-9-17-10-21-12/h5-7,9-10,13,18H,3-4,8,16H2,1-2H3. The lowest BCUT2D eigenvalue weighted by Crippen LogP contribution is -2.29. The van der Waals surface area contributed by atoms with E-state index in [0.29, 0.717) is 13.2 Å². The number of ether oxygens (including phenoxy) is 2. The molecule has 0 bridgehead atoms. The van der Waals surface area contributed by atoms with Crippen LogP contribution in [0.1, 0.15) is 30.3 Å². The number of rotatable bonds is 8. The van der Waals surface area contributed by atoms with Crippen LogP contribution in [0.2, 0.25) is 0 Å². The van der Waals surface area contributed by atoms with Gasteiger partial charge in [0.2, 0.25) is 0 Å². The lowest BCUT2D eigenvalue weighted by Gasteiger charge is -2.18. The minimum absolute atomic E-state index is 0.0142. The number of benzene rings is 1. The van der Waals surface area contributed by atoms with Crippen LogP contribution in [-0.2, 0) is 6.42 Å². The molecule has 5 nitrogen and oxygen atoms in total. The van der Waals surface area contributed by atoms with Gasteiger partial charge in [-0.15, -0.1) is 11.3 Å². The second kappa shape index (κ2) is 7.97. The van der Waals surface area contributed by atoms with Gasteiger partial charge < -0.3 is 9.47 Å². The molecule has 1 aromatic heterocycles. The fourth-order valence-electron chi connectivity index (χ4n) is 2.10. The number of nitrogens with two attached hydrogens (primary N) is 1. The molecule has 1 atom stereocenters. The quantitative estimate of drug-likeness (QED) is 0.579. The third-order valence-electron chi connectivity index (χ3n) is 3.06. The number of aromatic nitrogens is 1. The highest BCUT2D eigenvalue weighted by atomic mass is 32.1. The minimum Gasteiger partial charge on any atom is -0.490 e. The molecule has 0 aliphatic rings. The summed E-state index contributed by atoms with van der Waals surface area (Å²) in [5.41, 5.74) is 5.75. The highest BCUT2D eigenvalue weighted by Gasteiger charge is 2.15. The molecule has 1 aromatic carbocycles. The average Bonchev–Trinajstić information content (AvgIpc) is 3.00. The summed E-state index contributed by atoms with van der Waals surface area (Å²) in [6, 6.07) is 5.94. The molecule has 6 heteroatoms. The first-order chi connectivity index (χ1) is 10.3. The van der Waals surface area contributed by atoms with E-state index in [4.69, 9.17) is 15.3 Å². The van der Waals surface area contributed by atoms with Gasteiger partial charge in [0.25, 0.3) is 0 Å². The number of hydrazine groups is 1. The zero-order valence-corrected chi connectivity index (χ0v) is 13.2. The molecular weight excluding hydrogens is 286 g/mol. The molecular formula is C15H21N3O2S. The number of hydrogen-bond donors (Lipinski definition) is 2. The van der Waals surface area contributed by atoms with Gasteiger partial charge in [-0.25, -0.2) is 0 Å². The minimum atomic E-state index is 0.0142. The molecule has 1 heterocycles. The van der Waals surface area contributed by atoms with Gasteiger partial charge in [-0.1, -0.05) is 6.07 Å². The third-order valence-corrected chi connectivity index (χ3v) is 3.86. The fraction of sp³-hybridized carbons (Fsp3) is 0.400. The van der Waals surface area contributed by atoms with Gasteiger partial charge in [0.1, 0.15) is 0 Å². The summed E-state index contributed by atoms with van der Waals surface area (Å²) in [5.74, 6) is 7.22. The third kappa shape index (κ3) is 4.17. The first-order valence-electron chi connectivity index (χ1n) is 7.01. The molecule has 2 rings (SSSR count). The first-order valence-corrected chi connectivity index (χ1v) is 7.89. The van der Waals surface area contributed by atoms with Gasteiger partial charge in [-0.2, -0.15) is 0 Å². The Hall–Kier alpha value is -1.63.